The molecule has 0 radical (unpaired) electrons. The number of ether oxygens (including phenoxy) is 1. The van der Waals surface area contributed by atoms with Crippen LogP contribution in [0.4, 0.5) is 0 Å². The molecular weight excluding hydrogens is 306 g/mol. The van der Waals surface area contributed by atoms with Crippen LogP contribution in [0.2, 0.25) is 0 Å². The van der Waals surface area contributed by atoms with Gasteiger partial charge in [0.25, 0.3) is 5.91 Å². The monoisotopic (exact) mass is 323 g/mol. The molecule has 7 nitrogen and oxygen atoms in total. The van der Waals surface area contributed by atoms with E-state index in [0.717, 1.165) is 4.70 Å². The van der Waals surface area contributed by atoms with E-state index in [1.54, 1.807) is 18.3 Å². The maximum atomic E-state index is 12.0. The minimum atomic E-state index is -0.810. The fourth-order valence-electron chi connectivity index (χ4n) is 1.61. The number of hydrogen-bond acceptors (Lipinski definition) is 7. The smallest absolute Gasteiger partial charge is 0.348 e. The number of hydrogen-bond donors (Lipinski definition) is 2. The van der Waals surface area contributed by atoms with Crippen LogP contribution in [0, 0.1) is 0 Å². The first-order valence-electron chi connectivity index (χ1n) is 6.70. The van der Waals surface area contributed by atoms with Gasteiger partial charge in [-0.15, -0.1) is 11.3 Å². The molecule has 0 aliphatic heterocycles. The summed E-state index contributed by atoms with van der Waals surface area (Å²) in [4.78, 5) is 32.4. The highest BCUT2D eigenvalue weighted by atomic mass is 32.1. The zero-order valence-electron chi connectivity index (χ0n) is 12.5. The molecule has 0 bridgehead atoms. The van der Waals surface area contributed by atoms with Crippen LogP contribution < -0.4 is 16.0 Å². The largest absolute Gasteiger partial charge is 0.489 e. The van der Waals surface area contributed by atoms with E-state index >= 15 is 0 Å². The van der Waals surface area contributed by atoms with E-state index in [9.17, 15) is 9.59 Å². The van der Waals surface area contributed by atoms with Crippen LogP contribution in [-0.4, -0.2) is 29.0 Å². The molecule has 22 heavy (non-hydrogen) atoms. The molecule has 2 aromatic rings. The zero-order chi connectivity index (χ0) is 16.3. The number of thiophene rings is 1. The summed E-state index contributed by atoms with van der Waals surface area (Å²) in [7, 11) is 0. The molecule has 2 aromatic heterocycles. The maximum Gasteiger partial charge on any atom is 0.348 e. The van der Waals surface area contributed by atoms with E-state index in [0.29, 0.717) is 16.1 Å². The zero-order valence-corrected chi connectivity index (χ0v) is 13.3. The number of hydroxylamine groups is 1. The molecule has 0 aliphatic rings. The van der Waals surface area contributed by atoms with E-state index in [1.165, 1.54) is 18.3 Å². The number of nitrogens with two attached hydrogens (primary N) is 1. The van der Waals surface area contributed by atoms with Gasteiger partial charge in [0.15, 0.2) is 0 Å². The Labute approximate surface area is 131 Å². The summed E-state index contributed by atoms with van der Waals surface area (Å²) in [5.41, 5.74) is 8.06. The molecule has 8 heteroatoms. The van der Waals surface area contributed by atoms with E-state index < -0.39 is 17.9 Å². The second-order valence-corrected chi connectivity index (χ2v) is 5.99. The van der Waals surface area contributed by atoms with Crippen molar-refractivity contribution < 1.29 is 19.2 Å². The average molecular weight is 323 g/mol. The number of carbonyl (C=O) groups is 2. The van der Waals surface area contributed by atoms with Crippen LogP contribution in [0.15, 0.2) is 18.3 Å². The Bertz CT molecular complexity index is 696. The molecule has 118 valence electrons. The molecule has 0 saturated carbocycles. The topological polar surface area (TPSA) is 104 Å². The number of nitrogens with one attached hydrogen (secondary N) is 1. The molecule has 0 aromatic carbocycles. The fraction of sp³-hybridized carbons (Fsp3) is 0.357. The first-order chi connectivity index (χ1) is 10.4. The van der Waals surface area contributed by atoms with Crippen molar-refractivity contribution in [2.75, 3.05) is 0 Å². The van der Waals surface area contributed by atoms with Crippen molar-refractivity contribution in [1.82, 2.24) is 10.5 Å². The van der Waals surface area contributed by atoms with Crippen molar-refractivity contribution in [2.45, 2.75) is 32.9 Å². The molecule has 0 unspecified atom stereocenters. The highest BCUT2D eigenvalue weighted by molar-refractivity contribution is 7.21. The third-order valence-electron chi connectivity index (χ3n) is 2.58. The summed E-state index contributed by atoms with van der Waals surface area (Å²) >= 11 is 1.21. The van der Waals surface area contributed by atoms with Gasteiger partial charge < -0.3 is 15.3 Å². The lowest BCUT2D eigenvalue weighted by Gasteiger charge is -2.09. The summed E-state index contributed by atoms with van der Waals surface area (Å²) in [5.74, 6) is -0.583. The third-order valence-corrected chi connectivity index (χ3v) is 3.72. The van der Waals surface area contributed by atoms with Crippen LogP contribution in [0.5, 0.6) is 5.75 Å². The Hall–Kier alpha value is -2.19. The Morgan fingerprint density at radius 3 is 2.73 bits per heavy atom. The molecule has 1 atom stereocenters. The lowest BCUT2D eigenvalue weighted by atomic mass is 10.3. The lowest BCUT2D eigenvalue weighted by Crippen LogP contribution is -2.35. The SMILES string of the molecule is CC(C)Oc1ccnc2cc(C(=O)NOC(=O)[C@@H](C)N)sc12. The predicted octanol–water partition coefficient (Wildman–Crippen LogP) is 1.62. The van der Waals surface area contributed by atoms with E-state index in [1.807, 2.05) is 13.8 Å². The number of pyridine rings is 1. The van der Waals surface area contributed by atoms with Gasteiger partial charge in [0.1, 0.15) is 11.8 Å². The van der Waals surface area contributed by atoms with Gasteiger partial charge in [0, 0.05) is 6.20 Å². The number of rotatable bonds is 4. The molecule has 1 amide bonds. The number of amides is 1. The molecule has 0 spiro atoms. The van der Waals surface area contributed by atoms with E-state index in [2.05, 4.69) is 15.3 Å². The van der Waals surface area contributed by atoms with Crippen molar-refractivity contribution >= 4 is 33.4 Å². The summed E-state index contributed by atoms with van der Waals surface area (Å²) in [6.07, 6.45) is 1.63. The highest BCUT2D eigenvalue weighted by Gasteiger charge is 2.17. The van der Waals surface area contributed by atoms with Crippen LogP contribution >= 0.6 is 11.3 Å². The standard InChI is InChI=1S/C14H17N3O4S/c1-7(2)20-10-4-5-16-9-6-11(22-12(9)10)13(18)17-21-14(19)8(3)15/h4-8H,15H2,1-3H3,(H,17,18)/t8-/m1/s1. The minimum Gasteiger partial charge on any atom is -0.489 e. The third kappa shape index (κ3) is 3.71. The average Bonchev–Trinajstić information content (AvgIpc) is 2.88. The van der Waals surface area contributed by atoms with Gasteiger partial charge in [-0.1, -0.05) is 0 Å². The van der Waals surface area contributed by atoms with Crippen LogP contribution in [-0.2, 0) is 9.63 Å². The Balaban J connectivity index is 2.18. The van der Waals surface area contributed by atoms with Gasteiger partial charge in [-0.2, -0.15) is 5.48 Å². The Morgan fingerprint density at radius 1 is 1.36 bits per heavy atom. The molecule has 0 saturated heterocycles. The fourth-order valence-corrected chi connectivity index (χ4v) is 2.57. The molecular formula is C14H17N3O4S. The lowest BCUT2D eigenvalue weighted by molar-refractivity contribution is -0.150. The normalized spacial score (nSPS) is 12.2. The summed E-state index contributed by atoms with van der Waals surface area (Å²) in [6.45, 7) is 5.30. The highest BCUT2D eigenvalue weighted by Crippen LogP contribution is 2.32. The van der Waals surface area contributed by atoms with E-state index in [-0.39, 0.29) is 6.10 Å². The van der Waals surface area contributed by atoms with Crippen LogP contribution in [0.3, 0.4) is 0 Å². The number of carbonyl (C=O) groups excluding carboxylic acids is 2. The predicted molar refractivity (Wildman–Crippen MR) is 82.6 cm³/mol. The van der Waals surface area contributed by atoms with Crippen LogP contribution in [0.1, 0.15) is 30.4 Å². The van der Waals surface area contributed by atoms with Crippen molar-refractivity contribution in [3.8, 4) is 5.75 Å². The first-order valence-corrected chi connectivity index (χ1v) is 7.52. The molecule has 2 rings (SSSR count). The number of aromatic nitrogens is 1. The van der Waals surface area contributed by atoms with Gasteiger partial charge in [-0.3, -0.25) is 9.78 Å². The van der Waals surface area contributed by atoms with Gasteiger partial charge >= 0.3 is 5.97 Å². The molecule has 0 aliphatic carbocycles. The molecule has 3 N–H and O–H groups in total. The number of nitrogens with zero attached hydrogens (tertiary/aromatic N) is 1. The summed E-state index contributed by atoms with van der Waals surface area (Å²) < 4.78 is 6.45. The Kier molecular flexibility index (Phi) is 4.94. The maximum absolute atomic E-state index is 12.0. The second kappa shape index (κ2) is 6.71. The van der Waals surface area contributed by atoms with Gasteiger partial charge in [0.2, 0.25) is 0 Å². The first kappa shape index (κ1) is 16.2. The summed E-state index contributed by atoms with van der Waals surface area (Å²) in [6, 6.07) is 2.55. The van der Waals surface area contributed by atoms with Crippen molar-refractivity contribution in [3.63, 3.8) is 0 Å². The van der Waals surface area contributed by atoms with Crippen molar-refractivity contribution in [2.24, 2.45) is 5.73 Å². The number of fused-ring (bicyclic) bond motifs is 1. The molecule has 2 heterocycles. The quantitative estimate of drug-likeness (QED) is 0.829. The van der Waals surface area contributed by atoms with Gasteiger partial charge in [-0.05, 0) is 32.9 Å². The van der Waals surface area contributed by atoms with Crippen molar-refractivity contribution in [1.29, 1.82) is 0 Å². The van der Waals surface area contributed by atoms with Gasteiger partial charge in [-0.25, -0.2) is 4.79 Å². The Morgan fingerprint density at radius 2 is 2.09 bits per heavy atom. The van der Waals surface area contributed by atoms with Crippen LogP contribution in [0.25, 0.3) is 10.2 Å². The van der Waals surface area contributed by atoms with Crippen molar-refractivity contribution in [3.05, 3.63) is 23.2 Å². The van der Waals surface area contributed by atoms with E-state index in [4.69, 9.17) is 10.5 Å². The summed E-state index contributed by atoms with van der Waals surface area (Å²) in [5, 5.41) is 0. The van der Waals surface area contributed by atoms with Gasteiger partial charge in [0.05, 0.1) is 21.2 Å². The second-order valence-electron chi connectivity index (χ2n) is 4.94. The molecule has 0 fully saturated rings. The minimum absolute atomic E-state index is 0.0111.